The van der Waals surface area contributed by atoms with E-state index in [0.717, 1.165) is 16.6 Å². The smallest absolute Gasteiger partial charge is 0.406 e. The summed E-state index contributed by atoms with van der Waals surface area (Å²) in [5.74, 6) is -0.382. The first-order chi connectivity index (χ1) is 6.63. The first-order valence-electron chi connectivity index (χ1n) is 4.28. The lowest BCUT2D eigenvalue weighted by Crippen LogP contribution is -2.09. The molecule has 0 spiro atoms. The van der Waals surface area contributed by atoms with Gasteiger partial charge in [0.2, 0.25) is 0 Å². The third-order valence-corrected chi connectivity index (χ3v) is 2.81. The number of oxazole rings is 1. The molecule has 0 aliphatic heterocycles. The fraction of sp³-hybridized carbons (Fsp3) is 0.333. The molecule has 0 atom stereocenters. The first-order valence-corrected chi connectivity index (χ1v) is 5.07. The van der Waals surface area contributed by atoms with Crippen LogP contribution < -0.4 is 5.76 Å². The number of halogens is 1. The van der Waals surface area contributed by atoms with Gasteiger partial charge in [0.05, 0.1) is 5.69 Å². The number of pyridine rings is 1. The van der Waals surface area contributed by atoms with Gasteiger partial charge >= 0.3 is 5.76 Å². The number of aromatic nitrogens is 2. The van der Waals surface area contributed by atoms with Crippen LogP contribution in [-0.2, 0) is 13.5 Å². The summed E-state index contributed by atoms with van der Waals surface area (Å²) in [4.78, 5) is 15.5. The zero-order valence-electron chi connectivity index (χ0n) is 7.87. The van der Waals surface area contributed by atoms with Gasteiger partial charge in [0.1, 0.15) is 0 Å². The lowest BCUT2D eigenvalue weighted by molar-refractivity contribution is 0.528. The first kappa shape index (κ1) is 9.45. The minimum atomic E-state index is -0.382. The Kier molecular flexibility index (Phi) is 2.19. The molecular formula is C9H9BrN2O2. The van der Waals surface area contributed by atoms with E-state index in [1.165, 1.54) is 4.57 Å². The van der Waals surface area contributed by atoms with E-state index in [2.05, 4.69) is 20.9 Å². The highest BCUT2D eigenvalue weighted by atomic mass is 79.9. The van der Waals surface area contributed by atoms with E-state index in [9.17, 15) is 4.79 Å². The van der Waals surface area contributed by atoms with E-state index < -0.39 is 0 Å². The second-order valence-electron chi connectivity index (χ2n) is 3.02. The number of rotatable bonds is 1. The van der Waals surface area contributed by atoms with Crippen LogP contribution in [-0.4, -0.2) is 9.55 Å². The quantitative estimate of drug-likeness (QED) is 0.783. The molecule has 0 bridgehead atoms. The summed E-state index contributed by atoms with van der Waals surface area (Å²) in [5.41, 5.74) is 2.03. The minimum absolute atomic E-state index is 0.382. The highest BCUT2D eigenvalue weighted by molar-refractivity contribution is 9.10. The van der Waals surface area contributed by atoms with Crippen LogP contribution in [0.3, 0.4) is 0 Å². The Labute approximate surface area is 88.7 Å². The molecule has 74 valence electrons. The van der Waals surface area contributed by atoms with Gasteiger partial charge in [-0.1, -0.05) is 6.92 Å². The fourth-order valence-corrected chi connectivity index (χ4v) is 1.89. The molecule has 0 N–H and O–H groups in total. The molecule has 4 nitrogen and oxygen atoms in total. The zero-order chi connectivity index (χ0) is 10.3. The monoisotopic (exact) mass is 256 g/mol. The largest absolute Gasteiger partial charge is 0.420 e. The molecule has 0 aromatic carbocycles. The molecule has 0 unspecified atom stereocenters. The van der Waals surface area contributed by atoms with Gasteiger partial charge in [-0.25, -0.2) is 9.78 Å². The molecule has 0 radical (unpaired) electrons. The van der Waals surface area contributed by atoms with Gasteiger partial charge in [-0.15, -0.1) is 0 Å². The van der Waals surface area contributed by atoms with E-state index in [-0.39, 0.29) is 5.76 Å². The Morgan fingerprint density at radius 3 is 3.00 bits per heavy atom. The van der Waals surface area contributed by atoms with Crippen molar-refractivity contribution in [2.45, 2.75) is 13.3 Å². The minimum Gasteiger partial charge on any atom is -0.406 e. The number of aryl methyl sites for hydroxylation is 2. The molecule has 0 aliphatic rings. The molecule has 0 aliphatic carbocycles. The van der Waals surface area contributed by atoms with Gasteiger partial charge in [-0.05, 0) is 22.4 Å². The van der Waals surface area contributed by atoms with Crippen LogP contribution in [0.4, 0.5) is 0 Å². The molecule has 2 heterocycles. The van der Waals surface area contributed by atoms with Crippen LogP contribution in [0.2, 0.25) is 0 Å². The average Bonchev–Trinajstić information content (AvgIpc) is 2.41. The summed E-state index contributed by atoms with van der Waals surface area (Å²) in [5, 5.41) is 0. The van der Waals surface area contributed by atoms with Gasteiger partial charge in [-0.2, -0.15) is 0 Å². The predicted molar refractivity (Wildman–Crippen MR) is 56.3 cm³/mol. The summed E-state index contributed by atoms with van der Waals surface area (Å²) >= 11 is 3.38. The predicted octanol–water partition coefficient (Wildman–Crippen LogP) is 1.85. The number of hydrogen-bond donors (Lipinski definition) is 0. The maximum atomic E-state index is 11.2. The Bertz CT molecular complexity index is 541. The van der Waals surface area contributed by atoms with Crippen molar-refractivity contribution < 1.29 is 4.42 Å². The van der Waals surface area contributed by atoms with E-state index in [1.54, 1.807) is 13.1 Å². The van der Waals surface area contributed by atoms with Crippen LogP contribution in [0, 0.1) is 0 Å². The number of nitrogens with zero attached hydrogens (tertiary/aromatic N) is 2. The van der Waals surface area contributed by atoms with Crippen LogP contribution >= 0.6 is 15.9 Å². The molecule has 14 heavy (non-hydrogen) atoms. The zero-order valence-corrected chi connectivity index (χ0v) is 9.46. The van der Waals surface area contributed by atoms with E-state index >= 15 is 0 Å². The van der Waals surface area contributed by atoms with Gasteiger partial charge < -0.3 is 4.42 Å². The molecule has 2 aromatic heterocycles. The number of hydrogen-bond acceptors (Lipinski definition) is 3. The van der Waals surface area contributed by atoms with Gasteiger partial charge in [0.15, 0.2) is 11.2 Å². The van der Waals surface area contributed by atoms with Crippen molar-refractivity contribution in [3.8, 4) is 0 Å². The van der Waals surface area contributed by atoms with Crippen molar-refractivity contribution in [2.24, 2.45) is 7.05 Å². The van der Waals surface area contributed by atoms with E-state index in [0.29, 0.717) is 11.2 Å². The van der Waals surface area contributed by atoms with Crippen molar-refractivity contribution in [1.29, 1.82) is 0 Å². The lowest BCUT2D eigenvalue weighted by Gasteiger charge is -1.99. The lowest BCUT2D eigenvalue weighted by atomic mass is 10.3. The molecule has 0 saturated heterocycles. The maximum Gasteiger partial charge on any atom is 0.420 e. The van der Waals surface area contributed by atoms with Crippen molar-refractivity contribution in [2.75, 3.05) is 0 Å². The standard InChI is InChI=1S/C9H9BrN2O2/c1-3-6-5(10)4-7-8(11-6)12(2)9(13)14-7/h4H,3H2,1-2H3. The summed E-state index contributed by atoms with van der Waals surface area (Å²) in [6.45, 7) is 2.01. The van der Waals surface area contributed by atoms with Crippen molar-refractivity contribution in [3.63, 3.8) is 0 Å². The van der Waals surface area contributed by atoms with Crippen molar-refractivity contribution >= 4 is 27.2 Å². The van der Waals surface area contributed by atoms with Crippen LogP contribution in [0.1, 0.15) is 12.6 Å². The normalized spacial score (nSPS) is 11.1. The summed E-state index contributed by atoms with van der Waals surface area (Å²) < 4.78 is 7.27. The molecule has 0 amide bonds. The molecule has 0 fully saturated rings. The highest BCUT2D eigenvalue weighted by Crippen LogP contribution is 2.20. The Hall–Kier alpha value is -1.10. The topological polar surface area (TPSA) is 48.0 Å². The molecular weight excluding hydrogens is 248 g/mol. The maximum absolute atomic E-state index is 11.2. The van der Waals surface area contributed by atoms with Crippen LogP contribution in [0.25, 0.3) is 11.2 Å². The third kappa shape index (κ3) is 1.28. The SMILES string of the molecule is CCc1nc2c(cc1Br)oc(=O)n2C. The van der Waals surface area contributed by atoms with E-state index in [4.69, 9.17) is 4.42 Å². The number of fused-ring (bicyclic) bond motifs is 1. The van der Waals surface area contributed by atoms with E-state index in [1.807, 2.05) is 6.92 Å². The van der Waals surface area contributed by atoms with Crippen LogP contribution in [0.5, 0.6) is 0 Å². The summed E-state index contributed by atoms with van der Waals surface area (Å²) in [7, 11) is 1.65. The summed E-state index contributed by atoms with van der Waals surface area (Å²) in [6.07, 6.45) is 0.815. The van der Waals surface area contributed by atoms with Crippen LogP contribution in [0.15, 0.2) is 19.8 Å². The molecule has 5 heteroatoms. The third-order valence-electron chi connectivity index (χ3n) is 2.12. The van der Waals surface area contributed by atoms with Gasteiger partial charge in [0, 0.05) is 17.6 Å². The summed E-state index contributed by atoms with van der Waals surface area (Å²) in [6, 6.07) is 1.78. The van der Waals surface area contributed by atoms with Crippen molar-refractivity contribution in [1.82, 2.24) is 9.55 Å². The average molecular weight is 257 g/mol. The molecule has 2 rings (SSSR count). The highest BCUT2D eigenvalue weighted by Gasteiger charge is 2.10. The van der Waals surface area contributed by atoms with Gasteiger partial charge in [0.25, 0.3) is 0 Å². The Morgan fingerprint density at radius 1 is 1.64 bits per heavy atom. The Morgan fingerprint density at radius 2 is 2.36 bits per heavy atom. The van der Waals surface area contributed by atoms with Gasteiger partial charge in [-0.3, -0.25) is 4.57 Å². The fourth-order valence-electron chi connectivity index (χ4n) is 1.31. The second-order valence-corrected chi connectivity index (χ2v) is 3.87. The molecule has 2 aromatic rings. The second kappa shape index (κ2) is 3.24. The molecule has 0 saturated carbocycles. The Balaban J connectivity index is 2.87. The van der Waals surface area contributed by atoms with Crippen molar-refractivity contribution in [3.05, 3.63) is 26.8 Å².